The molecule has 1 aliphatic rings. The minimum Gasteiger partial charge on any atom is -0.464 e. The summed E-state index contributed by atoms with van der Waals surface area (Å²) in [6.07, 6.45) is 1.27. The first-order valence-electron chi connectivity index (χ1n) is 7.67. The second-order valence-electron chi connectivity index (χ2n) is 7.10. The highest BCUT2D eigenvalue weighted by atomic mass is 32.1. The molecule has 2 unspecified atom stereocenters. The summed E-state index contributed by atoms with van der Waals surface area (Å²) >= 11 is 1.73. The zero-order valence-corrected chi connectivity index (χ0v) is 14.1. The van der Waals surface area contributed by atoms with Crippen molar-refractivity contribution in [3.63, 3.8) is 0 Å². The quantitative estimate of drug-likeness (QED) is 0.887. The molecule has 1 aliphatic carbocycles. The Morgan fingerprint density at radius 3 is 2.71 bits per heavy atom. The Kier molecular flexibility index (Phi) is 3.93. The smallest absolute Gasteiger partial charge is 0.117 e. The van der Waals surface area contributed by atoms with Crippen molar-refractivity contribution in [2.24, 2.45) is 5.92 Å². The van der Waals surface area contributed by atoms with Crippen LogP contribution in [0.15, 0.2) is 21.9 Å². The molecule has 2 heterocycles. The molecule has 1 fully saturated rings. The monoisotopic (exact) mass is 304 g/mol. The zero-order chi connectivity index (χ0) is 15.0. The lowest BCUT2D eigenvalue weighted by molar-refractivity contribution is 0.443. The topological polar surface area (TPSA) is 38.1 Å². The molecule has 0 saturated heterocycles. The van der Waals surface area contributed by atoms with Gasteiger partial charge in [0.05, 0.1) is 12.2 Å². The highest BCUT2D eigenvalue weighted by molar-refractivity contribution is 7.09. The Balaban J connectivity index is 1.49. The first-order chi connectivity index (χ1) is 9.93. The predicted molar refractivity (Wildman–Crippen MR) is 86.6 cm³/mol. The van der Waals surface area contributed by atoms with Gasteiger partial charge >= 0.3 is 0 Å². The van der Waals surface area contributed by atoms with E-state index in [1.807, 2.05) is 0 Å². The summed E-state index contributed by atoms with van der Waals surface area (Å²) in [6, 6.07) is 4.22. The van der Waals surface area contributed by atoms with E-state index >= 15 is 0 Å². The van der Waals surface area contributed by atoms with E-state index in [0.717, 1.165) is 35.5 Å². The Morgan fingerprint density at radius 2 is 2.10 bits per heavy atom. The molecular weight excluding hydrogens is 280 g/mol. The van der Waals surface area contributed by atoms with Crippen molar-refractivity contribution in [2.45, 2.75) is 58.5 Å². The van der Waals surface area contributed by atoms with E-state index in [2.05, 4.69) is 50.5 Å². The standard InChI is InChI=1S/C17H24N2OS/c1-11-7-13(11)14-6-5-12(20-14)8-18-9-16-19-15(10-21-16)17(2,3)4/h5-6,10-11,13,18H,7-9H2,1-4H3. The number of aromatic nitrogens is 1. The van der Waals surface area contributed by atoms with Crippen LogP contribution in [0.1, 0.15) is 62.3 Å². The molecule has 0 bridgehead atoms. The van der Waals surface area contributed by atoms with E-state index in [0.29, 0.717) is 5.92 Å². The Morgan fingerprint density at radius 1 is 1.33 bits per heavy atom. The maximum absolute atomic E-state index is 5.90. The van der Waals surface area contributed by atoms with Crippen molar-refractivity contribution in [3.8, 4) is 0 Å². The van der Waals surface area contributed by atoms with Crippen LogP contribution in [0.5, 0.6) is 0 Å². The van der Waals surface area contributed by atoms with Gasteiger partial charge in [-0.05, 0) is 24.5 Å². The largest absolute Gasteiger partial charge is 0.464 e. The van der Waals surface area contributed by atoms with Crippen LogP contribution in [0, 0.1) is 5.92 Å². The molecule has 2 atom stereocenters. The summed E-state index contributed by atoms with van der Waals surface area (Å²) in [5.74, 6) is 3.63. The fraction of sp³-hybridized carbons (Fsp3) is 0.588. The Bertz CT molecular complexity index is 608. The highest BCUT2D eigenvalue weighted by Crippen LogP contribution is 2.47. The maximum atomic E-state index is 5.90. The van der Waals surface area contributed by atoms with E-state index in [1.54, 1.807) is 11.3 Å². The molecule has 3 rings (SSSR count). The molecule has 0 spiro atoms. The van der Waals surface area contributed by atoms with E-state index in [1.165, 1.54) is 12.1 Å². The van der Waals surface area contributed by atoms with Crippen molar-refractivity contribution in [3.05, 3.63) is 39.7 Å². The molecule has 2 aromatic rings. The second-order valence-corrected chi connectivity index (χ2v) is 8.05. The average Bonchev–Trinajstić information content (AvgIpc) is 2.85. The van der Waals surface area contributed by atoms with Crippen LogP contribution in [-0.2, 0) is 18.5 Å². The van der Waals surface area contributed by atoms with Gasteiger partial charge in [-0.1, -0.05) is 27.7 Å². The number of furan rings is 1. The number of nitrogens with one attached hydrogen (secondary N) is 1. The maximum Gasteiger partial charge on any atom is 0.117 e. The summed E-state index contributed by atoms with van der Waals surface area (Å²) < 4.78 is 5.90. The van der Waals surface area contributed by atoms with Crippen LogP contribution in [0.3, 0.4) is 0 Å². The molecule has 2 aromatic heterocycles. The summed E-state index contributed by atoms with van der Waals surface area (Å²) in [4.78, 5) is 4.69. The zero-order valence-electron chi connectivity index (χ0n) is 13.3. The third-order valence-corrected chi connectivity index (χ3v) is 4.90. The van der Waals surface area contributed by atoms with Crippen LogP contribution in [0.25, 0.3) is 0 Å². The Labute approximate surface area is 130 Å². The average molecular weight is 304 g/mol. The van der Waals surface area contributed by atoms with Gasteiger partial charge < -0.3 is 9.73 Å². The third kappa shape index (κ3) is 3.55. The van der Waals surface area contributed by atoms with Gasteiger partial charge in [-0.15, -0.1) is 11.3 Å². The summed E-state index contributed by atoms with van der Waals surface area (Å²) in [6.45, 7) is 10.4. The predicted octanol–water partition coefficient (Wildman–Crippen LogP) is 4.45. The van der Waals surface area contributed by atoms with Gasteiger partial charge in [0.2, 0.25) is 0 Å². The van der Waals surface area contributed by atoms with Crippen LogP contribution < -0.4 is 5.32 Å². The van der Waals surface area contributed by atoms with E-state index in [9.17, 15) is 0 Å². The number of nitrogens with zero attached hydrogens (tertiary/aromatic N) is 1. The third-order valence-electron chi connectivity index (χ3n) is 4.05. The van der Waals surface area contributed by atoms with Crippen LogP contribution >= 0.6 is 11.3 Å². The molecule has 3 nitrogen and oxygen atoms in total. The van der Waals surface area contributed by atoms with E-state index < -0.39 is 0 Å². The fourth-order valence-electron chi connectivity index (χ4n) is 2.44. The van der Waals surface area contributed by atoms with E-state index in [4.69, 9.17) is 9.40 Å². The molecule has 0 aliphatic heterocycles. The molecule has 4 heteroatoms. The molecule has 0 aromatic carbocycles. The van der Waals surface area contributed by atoms with Gasteiger partial charge in [0, 0.05) is 23.3 Å². The van der Waals surface area contributed by atoms with Gasteiger partial charge in [0.1, 0.15) is 16.5 Å². The first-order valence-corrected chi connectivity index (χ1v) is 8.55. The van der Waals surface area contributed by atoms with Crippen molar-refractivity contribution in [1.82, 2.24) is 10.3 Å². The van der Waals surface area contributed by atoms with Crippen molar-refractivity contribution >= 4 is 11.3 Å². The highest BCUT2D eigenvalue weighted by Gasteiger charge is 2.36. The van der Waals surface area contributed by atoms with Crippen LogP contribution in [0.4, 0.5) is 0 Å². The lowest BCUT2D eigenvalue weighted by Crippen LogP contribution is -2.14. The lowest BCUT2D eigenvalue weighted by atomic mass is 9.93. The van der Waals surface area contributed by atoms with Crippen LogP contribution in [0.2, 0.25) is 0 Å². The fourth-order valence-corrected chi connectivity index (χ4v) is 3.43. The molecule has 0 amide bonds. The minimum atomic E-state index is 0.131. The van der Waals surface area contributed by atoms with Crippen molar-refractivity contribution in [2.75, 3.05) is 0 Å². The van der Waals surface area contributed by atoms with E-state index in [-0.39, 0.29) is 5.41 Å². The molecule has 21 heavy (non-hydrogen) atoms. The number of thiazole rings is 1. The lowest BCUT2D eigenvalue weighted by Gasteiger charge is -2.14. The summed E-state index contributed by atoms with van der Waals surface area (Å²) in [7, 11) is 0. The number of hydrogen-bond acceptors (Lipinski definition) is 4. The van der Waals surface area contributed by atoms with Gasteiger partial charge in [0.25, 0.3) is 0 Å². The molecule has 1 N–H and O–H groups in total. The van der Waals surface area contributed by atoms with Crippen molar-refractivity contribution < 1.29 is 4.42 Å². The summed E-state index contributed by atoms with van der Waals surface area (Å²) in [5, 5.41) is 6.73. The SMILES string of the molecule is CC1CC1c1ccc(CNCc2nc(C(C)(C)C)cs2)o1. The first kappa shape index (κ1) is 14.8. The molecular formula is C17H24N2OS. The molecule has 114 valence electrons. The van der Waals surface area contributed by atoms with Crippen molar-refractivity contribution in [1.29, 1.82) is 0 Å². The second kappa shape index (κ2) is 5.58. The van der Waals surface area contributed by atoms with Gasteiger partial charge in [-0.25, -0.2) is 4.98 Å². The molecule has 1 saturated carbocycles. The van der Waals surface area contributed by atoms with Gasteiger partial charge in [-0.3, -0.25) is 0 Å². The minimum absolute atomic E-state index is 0.131. The number of rotatable bonds is 5. The van der Waals surface area contributed by atoms with Gasteiger partial charge in [-0.2, -0.15) is 0 Å². The molecule has 0 radical (unpaired) electrons. The van der Waals surface area contributed by atoms with Crippen LogP contribution in [-0.4, -0.2) is 4.98 Å². The normalized spacial score (nSPS) is 21.7. The number of hydrogen-bond donors (Lipinski definition) is 1. The van der Waals surface area contributed by atoms with Gasteiger partial charge in [0.15, 0.2) is 0 Å². The Hall–Kier alpha value is -1.13. The summed E-state index contributed by atoms with van der Waals surface area (Å²) in [5.41, 5.74) is 1.30.